The number of rotatable bonds is 5. The van der Waals surface area contributed by atoms with Crippen LogP contribution in [-0.4, -0.2) is 68.1 Å². The average Bonchev–Trinajstić information content (AvgIpc) is 3.47. The summed E-state index contributed by atoms with van der Waals surface area (Å²) in [5.74, 6) is -0.944. The van der Waals surface area contributed by atoms with Crippen molar-refractivity contribution < 1.29 is 19.0 Å². The smallest absolute Gasteiger partial charge is 0.317 e. The molecule has 3 N–H and O–H groups in total. The Morgan fingerprint density at radius 1 is 1.18 bits per heavy atom. The Bertz CT molecular complexity index is 1550. The first kappa shape index (κ1) is 25.4. The Labute approximate surface area is 225 Å². The molecule has 3 heterocycles. The van der Waals surface area contributed by atoms with Crippen molar-refractivity contribution in [2.45, 2.75) is 57.4 Å². The number of carbonyl (C=O) groups is 1. The summed E-state index contributed by atoms with van der Waals surface area (Å²) in [5, 5.41) is 22.0. The van der Waals surface area contributed by atoms with Gasteiger partial charge in [0.1, 0.15) is 11.6 Å². The molecule has 11 heteroatoms. The predicted molar refractivity (Wildman–Crippen MR) is 147 cm³/mol. The second-order valence-electron chi connectivity index (χ2n) is 10.7. The quantitative estimate of drug-likeness (QED) is 0.358. The monoisotopic (exact) mass is 533 g/mol. The lowest BCUT2D eigenvalue weighted by Crippen LogP contribution is -2.54. The molecule has 4 aromatic rings. The molecule has 39 heavy (non-hydrogen) atoms. The van der Waals surface area contributed by atoms with Crippen LogP contribution in [0.15, 0.2) is 36.7 Å². The maximum Gasteiger partial charge on any atom is 0.317 e. The third kappa shape index (κ3) is 4.99. The first-order chi connectivity index (χ1) is 18.7. The van der Waals surface area contributed by atoms with Gasteiger partial charge in [0.25, 0.3) is 5.91 Å². The van der Waals surface area contributed by atoms with Crippen molar-refractivity contribution in [3.8, 4) is 6.01 Å². The molecule has 2 aliphatic rings. The number of anilines is 2. The fourth-order valence-corrected chi connectivity index (χ4v) is 5.79. The van der Waals surface area contributed by atoms with Gasteiger partial charge in [0.2, 0.25) is 0 Å². The van der Waals surface area contributed by atoms with Crippen molar-refractivity contribution in [3.05, 3.63) is 48.0 Å². The molecule has 4 atom stereocenters. The summed E-state index contributed by atoms with van der Waals surface area (Å²) < 4.78 is 22.1. The van der Waals surface area contributed by atoms with Gasteiger partial charge >= 0.3 is 6.01 Å². The van der Waals surface area contributed by atoms with E-state index in [0.29, 0.717) is 28.6 Å². The van der Waals surface area contributed by atoms with Crippen molar-refractivity contribution in [3.63, 3.8) is 0 Å². The minimum Gasteiger partial charge on any atom is -0.457 e. The molecular formula is C28H32FN7O3. The molecular weight excluding hydrogens is 501 g/mol. The number of piperazine rings is 1. The van der Waals surface area contributed by atoms with Gasteiger partial charge in [-0.05, 0) is 57.4 Å². The van der Waals surface area contributed by atoms with Gasteiger partial charge in [0.15, 0.2) is 5.82 Å². The zero-order chi connectivity index (χ0) is 27.3. The Morgan fingerprint density at radius 3 is 2.72 bits per heavy atom. The van der Waals surface area contributed by atoms with E-state index < -0.39 is 17.8 Å². The second kappa shape index (κ2) is 10.0. The van der Waals surface area contributed by atoms with E-state index in [1.807, 2.05) is 6.07 Å². The Kier molecular flexibility index (Phi) is 6.56. The minimum atomic E-state index is -0.570. The molecule has 0 bridgehead atoms. The van der Waals surface area contributed by atoms with Crippen LogP contribution in [0.4, 0.5) is 15.8 Å². The number of nitrogens with zero attached hydrogens (tertiary/aromatic N) is 5. The lowest BCUT2D eigenvalue weighted by atomic mass is 10.0. The van der Waals surface area contributed by atoms with E-state index in [4.69, 9.17) is 4.74 Å². The number of aliphatic hydroxyl groups excluding tert-OH is 1. The summed E-state index contributed by atoms with van der Waals surface area (Å²) in [7, 11) is 1.72. The number of hydrogen-bond acceptors (Lipinski definition) is 8. The summed E-state index contributed by atoms with van der Waals surface area (Å²) in [6.07, 6.45) is 4.69. The Balaban J connectivity index is 1.39. The topological polar surface area (TPSA) is 117 Å². The fraction of sp³-hybridized carbons (Fsp3) is 0.429. The summed E-state index contributed by atoms with van der Waals surface area (Å²) >= 11 is 0. The number of aromatic nitrogens is 4. The lowest BCUT2D eigenvalue weighted by Gasteiger charge is -2.38. The fourth-order valence-electron chi connectivity index (χ4n) is 5.79. The normalized spacial score (nSPS) is 23.5. The van der Waals surface area contributed by atoms with Crippen LogP contribution in [0.2, 0.25) is 0 Å². The number of nitrogens with one attached hydrogen (secondary N) is 2. The Hall–Kier alpha value is -3.83. The van der Waals surface area contributed by atoms with Crippen LogP contribution in [0.3, 0.4) is 0 Å². The van der Waals surface area contributed by atoms with Gasteiger partial charge in [-0.1, -0.05) is 0 Å². The molecule has 10 nitrogen and oxygen atoms in total. The SMILES string of the molecule is C[C@H]1CN(c2ccc(C(=O)Nc3cc(F)c4nn(C)cc4c3)c3nc(O[C@@H]4CCC[C@H]4O)ncc23)C[C@H](C)N1. The van der Waals surface area contributed by atoms with Gasteiger partial charge in [-0.25, -0.2) is 9.37 Å². The number of aryl methyl sites for hydroxylation is 1. The first-order valence-electron chi connectivity index (χ1n) is 13.3. The molecule has 1 aliphatic heterocycles. The molecule has 0 radical (unpaired) electrons. The number of halogens is 1. The van der Waals surface area contributed by atoms with E-state index in [9.17, 15) is 14.3 Å². The lowest BCUT2D eigenvalue weighted by molar-refractivity contribution is 0.0544. The van der Waals surface area contributed by atoms with E-state index >= 15 is 0 Å². The number of carbonyl (C=O) groups excluding carboxylic acids is 1. The molecule has 1 aliphatic carbocycles. The molecule has 2 fully saturated rings. The summed E-state index contributed by atoms with van der Waals surface area (Å²) in [6.45, 7) is 5.87. The van der Waals surface area contributed by atoms with Crippen LogP contribution in [0.25, 0.3) is 21.8 Å². The van der Waals surface area contributed by atoms with Gasteiger partial charge in [0.05, 0.1) is 17.2 Å². The number of fused-ring (bicyclic) bond motifs is 2. The molecule has 0 unspecified atom stereocenters. The zero-order valence-electron chi connectivity index (χ0n) is 22.2. The summed E-state index contributed by atoms with van der Waals surface area (Å²) in [5.41, 5.74) is 2.24. The first-order valence-corrected chi connectivity index (χ1v) is 13.3. The highest BCUT2D eigenvalue weighted by atomic mass is 19.1. The summed E-state index contributed by atoms with van der Waals surface area (Å²) in [4.78, 5) is 24.9. The third-order valence-electron chi connectivity index (χ3n) is 7.46. The molecule has 1 saturated carbocycles. The number of ether oxygens (including phenoxy) is 1. The number of benzene rings is 2. The minimum absolute atomic E-state index is 0.115. The number of hydrogen-bond donors (Lipinski definition) is 3. The van der Waals surface area contributed by atoms with E-state index in [1.165, 1.54) is 10.7 Å². The van der Waals surface area contributed by atoms with Crippen molar-refractivity contribution in [1.29, 1.82) is 0 Å². The maximum atomic E-state index is 14.7. The Morgan fingerprint density at radius 2 is 1.97 bits per heavy atom. The summed E-state index contributed by atoms with van der Waals surface area (Å²) in [6, 6.07) is 7.30. The van der Waals surface area contributed by atoms with Crippen molar-refractivity contribution in [2.75, 3.05) is 23.3 Å². The van der Waals surface area contributed by atoms with E-state index in [0.717, 1.165) is 37.0 Å². The highest BCUT2D eigenvalue weighted by Crippen LogP contribution is 2.32. The molecule has 2 aromatic carbocycles. The number of amides is 1. The van der Waals surface area contributed by atoms with Crippen LogP contribution >= 0.6 is 0 Å². The number of aliphatic hydroxyl groups is 1. The van der Waals surface area contributed by atoms with Gasteiger partial charge in [-0.2, -0.15) is 10.1 Å². The highest BCUT2D eigenvalue weighted by molar-refractivity contribution is 6.14. The van der Waals surface area contributed by atoms with E-state index in [2.05, 4.69) is 44.4 Å². The molecule has 0 spiro atoms. The molecule has 6 rings (SSSR count). The van der Waals surface area contributed by atoms with Crippen LogP contribution in [0.5, 0.6) is 6.01 Å². The van der Waals surface area contributed by atoms with Crippen LogP contribution in [0.1, 0.15) is 43.5 Å². The molecule has 204 valence electrons. The van der Waals surface area contributed by atoms with Gasteiger partial charge in [-0.3, -0.25) is 9.48 Å². The van der Waals surface area contributed by atoms with Gasteiger partial charge in [0, 0.05) is 66.8 Å². The maximum absolute atomic E-state index is 14.7. The van der Waals surface area contributed by atoms with Crippen molar-refractivity contribution in [2.24, 2.45) is 7.05 Å². The van der Waals surface area contributed by atoms with Crippen LogP contribution < -0.4 is 20.3 Å². The van der Waals surface area contributed by atoms with Crippen LogP contribution in [-0.2, 0) is 7.05 Å². The predicted octanol–water partition coefficient (Wildman–Crippen LogP) is 3.39. The standard InChI is InChI=1S/C28H32FN7O3/c1-15-12-36(13-16(2)31-15)22-8-7-19(26-20(22)11-30-28(33-26)39-24-6-4-5-23(24)37)27(38)32-18-9-17-14-35(3)34-25(17)21(29)10-18/h7-11,14-16,23-24,31,37H,4-6,12-13H2,1-3H3,(H,32,38)/t15-,16-,23+,24+/m0/s1. The van der Waals surface area contributed by atoms with Gasteiger partial charge < -0.3 is 25.4 Å². The van der Waals surface area contributed by atoms with Crippen molar-refractivity contribution in [1.82, 2.24) is 25.1 Å². The average molecular weight is 534 g/mol. The zero-order valence-corrected chi connectivity index (χ0v) is 22.2. The van der Waals surface area contributed by atoms with Gasteiger partial charge in [-0.15, -0.1) is 0 Å². The third-order valence-corrected chi connectivity index (χ3v) is 7.46. The van der Waals surface area contributed by atoms with E-state index in [1.54, 1.807) is 31.6 Å². The van der Waals surface area contributed by atoms with E-state index in [-0.39, 0.29) is 29.7 Å². The molecule has 1 amide bonds. The van der Waals surface area contributed by atoms with Crippen molar-refractivity contribution >= 4 is 39.1 Å². The molecule has 2 aromatic heterocycles. The largest absolute Gasteiger partial charge is 0.457 e. The highest BCUT2D eigenvalue weighted by Gasteiger charge is 2.29. The second-order valence-corrected chi connectivity index (χ2v) is 10.7. The molecule has 1 saturated heterocycles. The van der Waals surface area contributed by atoms with Crippen LogP contribution in [0, 0.1) is 5.82 Å².